The third-order valence-electron chi connectivity index (χ3n) is 2.74. The van der Waals surface area contributed by atoms with Crippen LogP contribution in [0.15, 0.2) is 0 Å². The van der Waals surface area contributed by atoms with Gasteiger partial charge >= 0.3 is 5.97 Å². The van der Waals surface area contributed by atoms with Crippen LogP contribution in [0, 0.1) is 0 Å². The van der Waals surface area contributed by atoms with Crippen molar-refractivity contribution in [3.8, 4) is 0 Å². The molecule has 1 aliphatic heterocycles. The molecule has 0 bridgehead atoms. The quantitative estimate of drug-likeness (QED) is 0.732. The molecule has 17 heavy (non-hydrogen) atoms. The van der Waals surface area contributed by atoms with E-state index in [1.54, 1.807) is 6.92 Å². The maximum Gasteiger partial charge on any atom is 0.306 e. The predicted molar refractivity (Wildman–Crippen MR) is 62.5 cm³/mol. The molecule has 5 heteroatoms. The molecule has 0 radical (unpaired) electrons. The highest BCUT2D eigenvalue weighted by Crippen LogP contribution is 2.18. The van der Waals surface area contributed by atoms with Gasteiger partial charge in [0.05, 0.1) is 25.2 Å². The number of ether oxygens (including phenoxy) is 2. The first-order valence-corrected chi connectivity index (χ1v) is 6.10. The van der Waals surface area contributed by atoms with E-state index in [-0.39, 0.29) is 30.3 Å². The van der Waals surface area contributed by atoms with Gasteiger partial charge in [0.25, 0.3) is 0 Å². The first-order chi connectivity index (χ1) is 8.06. The fourth-order valence-corrected chi connectivity index (χ4v) is 1.88. The Kier molecular flexibility index (Phi) is 5.41. The molecule has 1 fully saturated rings. The summed E-state index contributed by atoms with van der Waals surface area (Å²) in [5, 5.41) is 2.92. The van der Waals surface area contributed by atoms with Gasteiger partial charge in [-0.15, -0.1) is 0 Å². The second-order valence-electron chi connectivity index (χ2n) is 4.57. The number of hydrogen-bond donors (Lipinski definition) is 1. The summed E-state index contributed by atoms with van der Waals surface area (Å²) >= 11 is 0. The Hall–Kier alpha value is -1.10. The van der Waals surface area contributed by atoms with Crippen molar-refractivity contribution in [2.24, 2.45) is 0 Å². The van der Waals surface area contributed by atoms with Crippen LogP contribution in [0.3, 0.4) is 0 Å². The SMILES string of the molecule is CCOC(=O)CCC(=O)NC1(C)CCCOC1. The molecule has 1 unspecified atom stereocenters. The molecule has 1 rings (SSSR count). The van der Waals surface area contributed by atoms with Crippen molar-refractivity contribution >= 4 is 11.9 Å². The number of hydrogen-bond acceptors (Lipinski definition) is 4. The molecule has 1 aliphatic rings. The molecule has 0 aromatic heterocycles. The van der Waals surface area contributed by atoms with E-state index in [4.69, 9.17) is 9.47 Å². The molecule has 5 nitrogen and oxygen atoms in total. The predicted octanol–water partition coefficient (Wildman–Crippen LogP) is 1.01. The van der Waals surface area contributed by atoms with Crippen molar-refractivity contribution in [3.05, 3.63) is 0 Å². The zero-order valence-corrected chi connectivity index (χ0v) is 10.6. The Balaban J connectivity index is 2.26. The third-order valence-corrected chi connectivity index (χ3v) is 2.74. The van der Waals surface area contributed by atoms with Crippen LogP contribution < -0.4 is 5.32 Å². The minimum Gasteiger partial charge on any atom is -0.466 e. The Bertz CT molecular complexity index is 272. The zero-order chi connectivity index (χ0) is 12.7. The molecule has 0 saturated carbocycles. The monoisotopic (exact) mass is 243 g/mol. The van der Waals surface area contributed by atoms with Crippen LogP contribution in [0.1, 0.15) is 39.5 Å². The molecular weight excluding hydrogens is 222 g/mol. The molecule has 98 valence electrons. The summed E-state index contributed by atoms with van der Waals surface area (Å²) in [6.07, 6.45) is 2.18. The minimum absolute atomic E-state index is 0.119. The van der Waals surface area contributed by atoms with E-state index in [1.165, 1.54) is 0 Å². The van der Waals surface area contributed by atoms with Crippen LogP contribution in [0.4, 0.5) is 0 Å². The highest BCUT2D eigenvalue weighted by atomic mass is 16.5. The Morgan fingerprint density at radius 1 is 1.41 bits per heavy atom. The highest BCUT2D eigenvalue weighted by Gasteiger charge is 2.29. The fraction of sp³-hybridized carbons (Fsp3) is 0.833. The van der Waals surface area contributed by atoms with Crippen LogP contribution in [-0.4, -0.2) is 37.2 Å². The summed E-state index contributed by atoms with van der Waals surface area (Å²) in [7, 11) is 0. The number of carbonyl (C=O) groups is 2. The highest BCUT2D eigenvalue weighted by molar-refractivity contribution is 5.81. The summed E-state index contributed by atoms with van der Waals surface area (Å²) in [5.41, 5.74) is -0.288. The van der Waals surface area contributed by atoms with E-state index in [9.17, 15) is 9.59 Å². The van der Waals surface area contributed by atoms with Gasteiger partial charge in [-0.1, -0.05) is 0 Å². The number of nitrogens with one attached hydrogen (secondary N) is 1. The lowest BCUT2D eigenvalue weighted by atomic mass is 9.94. The van der Waals surface area contributed by atoms with Crippen molar-refractivity contribution in [3.63, 3.8) is 0 Å². The maximum atomic E-state index is 11.7. The molecule has 1 atom stereocenters. The normalized spacial score (nSPS) is 24.1. The van der Waals surface area contributed by atoms with Gasteiger partial charge in [0, 0.05) is 13.0 Å². The van der Waals surface area contributed by atoms with Crippen molar-refractivity contribution in [2.75, 3.05) is 19.8 Å². The van der Waals surface area contributed by atoms with Gasteiger partial charge in [0.15, 0.2) is 0 Å². The fourth-order valence-electron chi connectivity index (χ4n) is 1.88. The second kappa shape index (κ2) is 6.59. The summed E-state index contributed by atoms with van der Waals surface area (Å²) in [5.74, 6) is -0.446. The van der Waals surface area contributed by atoms with Crippen LogP contribution >= 0.6 is 0 Å². The molecule has 0 aliphatic carbocycles. The number of esters is 1. The van der Waals surface area contributed by atoms with E-state index >= 15 is 0 Å². The topological polar surface area (TPSA) is 64.6 Å². The van der Waals surface area contributed by atoms with E-state index in [2.05, 4.69) is 5.32 Å². The summed E-state index contributed by atoms with van der Waals surface area (Å²) in [6.45, 7) is 5.37. The molecule has 1 heterocycles. The lowest BCUT2D eigenvalue weighted by Gasteiger charge is -2.34. The first kappa shape index (κ1) is 14.0. The Morgan fingerprint density at radius 2 is 2.18 bits per heavy atom. The Morgan fingerprint density at radius 3 is 2.76 bits per heavy atom. The average Bonchev–Trinajstić information content (AvgIpc) is 2.27. The van der Waals surface area contributed by atoms with Crippen molar-refractivity contribution in [2.45, 2.75) is 45.1 Å². The van der Waals surface area contributed by atoms with Gasteiger partial charge in [-0.25, -0.2) is 0 Å². The molecular formula is C12H21NO4. The molecule has 0 spiro atoms. The van der Waals surface area contributed by atoms with Gasteiger partial charge in [0.1, 0.15) is 0 Å². The van der Waals surface area contributed by atoms with Crippen LogP contribution in [0.25, 0.3) is 0 Å². The largest absolute Gasteiger partial charge is 0.466 e. The standard InChI is InChI=1S/C12H21NO4/c1-3-17-11(15)6-5-10(14)13-12(2)7-4-8-16-9-12/h3-9H2,1-2H3,(H,13,14). The second-order valence-corrected chi connectivity index (χ2v) is 4.57. The van der Waals surface area contributed by atoms with E-state index in [0.29, 0.717) is 13.2 Å². The number of rotatable bonds is 5. The lowest BCUT2D eigenvalue weighted by molar-refractivity contribution is -0.144. The van der Waals surface area contributed by atoms with Gasteiger partial charge in [-0.2, -0.15) is 0 Å². The maximum absolute atomic E-state index is 11.7. The average molecular weight is 243 g/mol. The van der Waals surface area contributed by atoms with Crippen LogP contribution in [0.5, 0.6) is 0 Å². The smallest absolute Gasteiger partial charge is 0.306 e. The van der Waals surface area contributed by atoms with Gasteiger partial charge in [-0.3, -0.25) is 9.59 Å². The van der Waals surface area contributed by atoms with Gasteiger partial charge in [-0.05, 0) is 26.7 Å². The Labute approximate surface area is 102 Å². The summed E-state index contributed by atoms with van der Waals surface area (Å²) in [4.78, 5) is 22.7. The van der Waals surface area contributed by atoms with Crippen molar-refractivity contribution in [1.82, 2.24) is 5.32 Å². The lowest BCUT2D eigenvalue weighted by Crippen LogP contribution is -2.51. The number of carbonyl (C=O) groups excluding carboxylic acids is 2. The molecule has 1 N–H and O–H groups in total. The van der Waals surface area contributed by atoms with Gasteiger partial charge in [0.2, 0.25) is 5.91 Å². The van der Waals surface area contributed by atoms with Crippen molar-refractivity contribution < 1.29 is 19.1 Å². The van der Waals surface area contributed by atoms with E-state index < -0.39 is 0 Å². The molecule has 1 saturated heterocycles. The van der Waals surface area contributed by atoms with E-state index in [1.807, 2.05) is 6.92 Å². The van der Waals surface area contributed by atoms with Crippen molar-refractivity contribution in [1.29, 1.82) is 0 Å². The van der Waals surface area contributed by atoms with Gasteiger partial charge < -0.3 is 14.8 Å². The molecule has 1 amide bonds. The first-order valence-electron chi connectivity index (χ1n) is 6.10. The van der Waals surface area contributed by atoms with E-state index in [0.717, 1.165) is 19.4 Å². The zero-order valence-electron chi connectivity index (χ0n) is 10.6. The van der Waals surface area contributed by atoms with Crippen LogP contribution in [-0.2, 0) is 19.1 Å². The summed E-state index contributed by atoms with van der Waals surface area (Å²) in [6, 6.07) is 0. The summed E-state index contributed by atoms with van der Waals surface area (Å²) < 4.78 is 10.1. The molecule has 0 aromatic rings. The third kappa shape index (κ3) is 5.17. The molecule has 0 aromatic carbocycles. The number of amides is 1. The minimum atomic E-state index is -0.326. The van der Waals surface area contributed by atoms with Crippen LogP contribution in [0.2, 0.25) is 0 Å².